The summed E-state index contributed by atoms with van der Waals surface area (Å²) in [5, 5.41) is 6.95. The van der Waals surface area contributed by atoms with Crippen molar-refractivity contribution in [2.75, 3.05) is 13.1 Å². The van der Waals surface area contributed by atoms with E-state index in [4.69, 9.17) is 28.9 Å². The van der Waals surface area contributed by atoms with Gasteiger partial charge < -0.3 is 16.4 Å². The molecule has 0 spiro atoms. The largest absolute Gasteiger partial charge is 0.370 e. The van der Waals surface area contributed by atoms with Crippen LogP contribution in [0.2, 0.25) is 10.0 Å². The zero-order chi connectivity index (χ0) is 18.9. The Morgan fingerprint density at radius 3 is 2.56 bits per heavy atom. The maximum absolute atomic E-state index is 11.8. The Morgan fingerprint density at radius 1 is 1.19 bits per heavy atom. The average molecular weight is 521 g/mol. The predicted molar refractivity (Wildman–Crippen MR) is 123 cm³/mol. The van der Waals surface area contributed by atoms with Gasteiger partial charge >= 0.3 is 0 Å². The van der Waals surface area contributed by atoms with E-state index < -0.39 is 0 Å². The molecule has 0 bridgehead atoms. The summed E-state index contributed by atoms with van der Waals surface area (Å²) in [4.78, 5) is 15.9. The highest BCUT2D eigenvalue weighted by molar-refractivity contribution is 14.0. The summed E-state index contributed by atoms with van der Waals surface area (Å²) >= 11 is 12.1. The van der Waals surface area contributed by atoms with Crippen LogP contribution in [0, 0.1) is 0 Å². The van der Waals surface area contributed by atoms with Gasteiger partial charge in [-0.25, -0.2) is 4.99 Å². The number of halogens is 3. The van der Waals surface area contributed by atoms with Crippen molar-refractivity contribution in [1.29, 1.82) is 0 Å². The molecule has 8 heteroatoms. The summed E-state index contributed by atoms with van der Waals surface area (Å²) in [6.07, 6.45) is 0.774. The van der Waals surface area contributed by atoms with Gasteiger partial charge in [-0.3, -0.25) is 4.79 Å². The predicted octanol–water partition coefficient (Wildman–Crippen LogP) is 3.94. The molecule has 5 nitrogen and oxygen atoms in total. The molecule has 2 aromatic rings. The van der Waals surface area contributed by atoms with Crippen molar-refractivity contribution in [3.8, 4) is 0 Å². The molecule has 1 atom stereocenters. The van der Waals surface area contributed by atoms with Gasteiger partial charge in [0.25, 0.3) is 0 Å². The van der Waals surface area contributed by atoms with E-state index >= 15 is 0 Å². The van der Waals surface area contributed by atoms with Crippen LogP contribution in [0.3, 0.4) is 0 Å². The Kier molecular flexibility index (Phi) is 10.5. The number of amides is 1. The van der Waals surface area contributed by atoms with Gasteiger partial charge in [-0.1, -0.05) is 59.6 Å². The number of nitrogens with two attached hydrogens (primary N) is 1. The third kappa shape index (κ3) is 8.36. The van der Waals surface area contributed by atoms with Crippen molar-refractivity contribution < 1.29 is 4.79 Å². The summed E-state index contributed by atoms with van der Waals surface area (Å²) in [6, 6.07) is 15.1. The average Bonchev–Trinajstić information content (AvgIpc) is 2.60. The third-order valence-electron chi connectivity index (χ3n) is 3.77. The van der Waals surface area contributed by atoms with Gasteiger partial charge in [-0.15, -0.1) is 24.0 Å². The van der Waals surface area contributed by atoms with Crippen LogP contribution in [0.5, 0.6) is 0 Å². The summed E-state index contributed by atoms with van der Waals surface area (Å²) in [5.41, 5.74) is 7.87. The first kappa shape index (κ1) is 23.5. The molecule has 146 valence electrons. The minimum Gasteiger partial charge on any atom is -0.370 e. The molecule has 0 aliphatic carbocycles. The molecular formula is C19H23Cl2IN4O. The Hall–Kier alpha value is -1.51. The summed E-state index contributed by atoms with van der Waals surface area (Å²) < 4.78 is 0. The van der Waals surface area contributed by atoms with Crippen LogP contribution >= 0.6 is 47.2 Å². The second kappa shape index (κ2) is 12.0. The number of hydrogen-bond donors (Lipinski definition) is 3. The van der Waals surface area contributed by atoms with Gasteiger partial charge in [0, 0.05) is 16.6 Å². The number of rotatable bonds is 7. The van der Waals surface area contributed by atoms with Gasteiger partial charge in [-0.2, -0.15) is 0 Å². The van der Waals surface area contributed by atoms with Crippen LogP contribution in [0.15, 0.2) is 53.5 Å². The molecule has 27 heavy (non-hydrogen) atoms. The lowest BCUT2D eigenvalue weighted by atomic mass is 10.1. The Bertz CT molecular complexity index is 772. The van der Waals surface area contributed by atoms with Crippen molar-refractivity contribution in [3.05, 3.63) is 69.7 Å². The van der Waals surface area contributed by atoms with E-state index in [0.717, 1.165) is 12.0 Å². The van der Waals surface area contributed by atoms with Crippen LogP contribution in [0.1, 0.15) is 24.1 Å². The molecule has 0 saturated heterocycles. The van der Waals surface area contributed by atoms with Crippen LogP contribution in [-0.2, 0) is 11.2 Å². The molecule has 0 saturated carbocycles. The van der Waals surface area contributed by atoms with Gasteiger partial charge in [0.15, 0.2) is 5.96 Å². The molecule has 0 aliphatic heterocycles. The van der Waals surface area contributed by atoms with Crippen molar-refractivity contribution in [2.45, 2.75) is 19.4 Å². The van der Waals surface area contributed by atoms with E-state index in [0.29, 0.717) is 16.6 Å². The Morgan fingerprint density at radius 2 is 1.89 bits per heavy atom. The van der Waals surface area contributed by atoms with E-state index in [1.807, 2.05) is 43.3 Å². The minimum absolute atomic E-state index is 0. The zero-order valence-electron chi connectivity index (χ0n) is 14.9. The van der Waals surface area contributed by atoms with E-state index in [9.17, 15) is 4.79 Å². The van der Waals surface area contributed by atoms with Gasteiger partial charge in [0.2, 0.25) is 5.91 Å². The second-order valence-electron chi connectivity index (χ2n) is 5.82. The Labute approximate surface area is 186 Å². The number of hydrogen-bond acceptors (Lipinski definition) is 2. The number of carbonyl (C=O) groups excluding carboxylic acids is 1. The summed E-state index contributed by atoms with van der Waals surface area (Å²) in [6.45, 7) is 2.43. The van der Waals surface area contributed by atoms with E-state index in [2.05, 4.69) is 15.6 Å². The fourth-order valence-corrected chi connectivity index (χ4v) is 2.97. The third-order valence-corrected chi connectivity index (χ3v) is 4.33. The molecule has 2 rings (SSSR count). The van der Waals surface area contributed by atoms with Crippen LogP contribution in [0.4, 0.5) is 0 Å². The number of carbonyl (C=O) groups is 1. The molecule has 0 fully saturated rings. The lowest BCUT2D eigenvalue weighted by Crippen LogP contribution is -2.36. The van der Waals surface area contributed by atoms with E-state index in [1.54, 1.807) is 12.1 Å². The minimum atomic E-state index is -0.178. The first-order chi connectivity index (χ1) is 12.5. The van der Waals surface area contributed by atoms with Crippen molar-refractivity contribution in [3.63, 3.8) is 0 Å². The van der Waals surface area contributed by atoms with Crippen LogP contribution < -0.4 is 16.4 Å². The first-order valence-electron chi connectivity index (χ1n) is 8.27. The topological polar surface area (TPSA) is 79.5 Å². The van der Waals surface area contributed by atoms with Crippen LogP contribution in [0.25, 0.3) is 0 Å². The highest BCUT2D eigenvalue weighted by atomic mass is 127. The lowest BCUT2D eigenvalue weighted by molar-refractivity contribution is -0.119. The lowest BCUT2D eigenvalue weighted by Gasteiger charge is -2.16. The van der Waals surface area contributed by atoms with Crippen molar-refractivity contribution >= 4 is 59.0 Å². The molecule has 2 aromatic carbocycles. The SMILES string of the molecule is CC(NC(N)=NCC(=O)NCCc1ccccc1)c1ccc(Cl)cc1Cl.I. The zero-order valence-corrected chi connectivity index (χ0v) is 18.8. The van der Waals surface area contributed by atoms with Crippen molar-refractivity contribution in [2.24, 2.45) is 10.7 Å². The molecular weight excluding hydrogens is 498 g/mol. The standard InChI is InChI=1S/C19H22Cl2N4O.HI/c1-13(16-8-7-15(20)11-17(16)21)25-19(22)24-12-18(26)23-10-9-14-5-3-2-4-6-14;/h2-8,11,13H,9-10,12H2,1H3,(H,23,26)(H3,22,24,25);1H. The number of nitrogens with one attached hydrogen (secondary N) is 2. The molecule has 0 aliphatic rings. The molecule has 1 amide bonds. The Balaban J connectivity index is 0.00000364. The van der Waals surface area contributed by atoms with Crippen molar-refractivity contribution in [1.82, 2.24) is 10.6 Å². The van der Waals surface area contributed by atoms with Gasteiger partial charge in [0.1, 0.15) is 6.54 Å². The van der Waals surface area contributed by atoms with E-state index in [-0.39, 0.29) is 48.4 Å². The molecule has 0 aromatic heterocycles. The molecule has 1 unspecified atom stereocenters. The number of aliphatic imine (C=N–C) groups is 1. The van der Waals surface area contributed by atoms with Gasteiger partial charge in [-0.05, 0) is 36.6 Å². The maximum atomic E-state index is 11.8. The highest BCUT2D eigenvalue weighted by Gasteiger charge is 2.11. The fourth-order valence-electron chi connectivity index (χ4n) is 2.40. The second-order valence-corrected chi connectivity index (χ2v) is 6.66. The van der Waals surface area contributed by atoms with Crippen LogP contribution in [-0.4, -0.2) is 25.0 Å². The van der Waals surface area contributed by atoms with E-state index in [1.165, 1.54) is 5.56 Å². The summed E-state index contributed by atoms with van der Waals surface area (Å²) in [7, 11) is 0. The first-order valence-corrected chi connectivity index (χ1v) is 9.03. The van der Waals surface area contributed by atoms with Gasteiger partial charge in [0.05, 0.1) is 6.04 Å². The molecule has 0 heterocycles. The number of benzene rings is 2. The normalized spacial score (nSPS) is 12.0. The molecule has 4 N–H and O–H groups in total. The number of guanidine groups is 1. The smallest absolute Gasteiger partial charge is 0.241 e. The highest BCUT2D eigenvalue weighted by Crippen LogP contribution is 2.25. The monoisotopic (exact) mass is 520 g/mol. The maximum Gasteiger partial charge on any atom is 0.241 e. The number of nitrogens with zero attached hydrogens (tertiary/aromatic N) is 1. The summed E-state index contributed by atoms with van der Waals surface area (Å²) in [5.74, 6) is 0.00425. The quantitative estimate of drug-likeness (QED) is 0.294. The molecule has 0 radical (unpaired) electrons. The fraction of sp³-hybridized carbons (Fsp3) is 0.263.